The average Bonchev–Trinajstić information content (AvgIpc) is 2.75. The van der Waals surface area contributed by atoms with E-state index in [1.54, 1.807) is 19.2 Å². The highest BCUT2D eigenvalue weighted by molar-refractivity contribution is 5.95. The van der Waals surface area contributed by atoms with Crippen molar-refractivity contribution in [2.75, 3.05) is 0 Å². The minimum Gasteiger partial charge on any atom is -0.267 e. The van der Waals surface area contributed by atoms with E-state index in [4.69, 9.17) is 0 Å². The fourth-order valence-corrected chi connectivity index (χ4v) is 1.39. The van der Waals surface area contributed by atoms with Gasteiger partial charge in [-0.25, -0.2) is 4.68 Å². The van der Waals surface area contributed by atoms with Crippen LogP contribution in [-0.4, -0.2) is 20.6 Å². The number of nitro groups is 1. The summed E-state index contributed by atoms with van der Waals surface area (Å²) in [4.78, 5) is 21.8. The van der Waals surface area contributed by atoms with Gasteiger partial charge in [0.1, 0.15) is 0 Å². The van der Waals surface area contributed by atoms with E-state index < -0.39 is 4.92 Å². The SMILES string of the molecule is Cc1ccn(C(=O)c2ccc([N+](=O)[O-])cc2)n1. The Balaban J connectivity index is 2.29. The number of nitro benzene ring substituents is 1. The fraction of sp³-hybridized carbons (Fsp3) is 0.0909. The molecule has 0 fully saturated rings. The van der Waals surface area contributed by atoms with Crippen LogP contribution >= 0.6 is 0 Å². The zero-order chi connectivity index (χ0) is 12.4. The first-order valence-corrected chi connectivity index (χ1v) is 4.89. The largest absolute Gasteiger partial charge is 0.278 e. The fourth-order valence-electron chi connectivity index (χ4n) is 1.39. The molecule has 0 N–H and O–H groups in total. The van der Waals surface area contributed by atoms with Crippen molar-refractivity contribution < 1.29 is 9.72 Å². The first kappa shape index (κ1) is 11.0. The summed E-state index contributed by atoms with van der Waals surface area (Å²) in [5.74, 6) is -0.312. The van der Waals surface area contributed by atoms with Crippen molar-refractivity contribution in [3.8, 4) is 0 Å². The molecule has 0 aliphatic carbocycles. The van der Waals surface area contributed by atoms with Crippen LogP contribution < -0.4 is 0 Å². The van der Waals surface area contributed by atoms with Crippen molar-refractivity contribution in [2.45, 2.75) is 6.92 Å². The summed E-state index contributed by atoms with van der Waals surface area (Å²) in [7, 11) is 0. The maximum atomic E-state index is 11.9. The normalized spacial score (nSPS) is 10.2. The van der Waals surface area contributed by atoms with Gasteiger partial charge in [-0.3, -0.25) is 14.9 Å². The number of aryl methyl sites for hydroxylation is 1. The van der Waals surface area contributed by atoms with E-state index in [1.165, 1.54) is 28.9 Å². The number of non-ortho nitro benzene ring substituents is 1. The van der Waals surface area contributed by atoms with E-state index in [2.05, 4.69) is 5.10 Å². The van der Waals surface area contributed by atoms with Crippen LogP contribution in [-0.2, 0) is 0 Å². The zero-order valence-electron chi connectivity index (χ0n) is 9.03. The van der Waals surface area contributed by atoms with Crippen molar-refractivity contribution in [3.63, 3.8) is 0 Å². The highest BCUT2D eigenvalue weighted by Gasteiger charge is 2.11. The molecule has 0 spiro atoms. The van der Waals surface area contributed by atoms with Crippen LogP contribution in [0.25, 0.3) is 0 Å². The molecule has 6 heteroatoms. The van der Waals surface area contributed by atoms with E-state index in [9.17, 15) is 14.9 Å². The van der Waals surface area contributed by atoms with E-state index in [0.29, 0.717) is 5.56 Å². The van der Waals surface area contributed by atoms with Crippen LogP contribution in [0, 0.1) is 17.0 Å². The summed E-state index contributed by atoms with van der Waals surface area (Å²) in [5, 5.41) is 14.4. The monoisotopic (exact) mass is 231 g/mol. The van der Waals surface area contributed by atoms with E-state index in [0.717, 1.165) is 5.69 Å². The standard InChI is InChI=1S/C11H9N3O3/c1-8-6-7-13(12-8)11(15)9-2-4-10(5-3-9)14(16)17/h2-7H,1H3. The van der Waals surface area contributed by atoms with Crippen LogP contribution in [0.5, 0.6) is 0 Å². The number of aromatic nitrogens is 2. The molecule has 17 heavy (non-hydrogen) atoms. The first-order chi connectivity index (χ1) is 8.08. The third-order valence-corrected chi connectivity index (χ3v) is 2.26. The Labute approximate surface area is 96.6 Å². The van der Waals surface area contributed by atoms with Gasteiger partial charge in [-0.05, 0) is 25.1 Å². The average molecular weight is 231 g/mol. The molecular weight excluding hydrogens is 222 g/mol. The molecular formula is C11H9N3O3. The van der Waals surface area contributed by atoms with Crippen LogP contribution in [0.15, 0.2) is 36.5 Å². The molecule has 0 saturated carbocycles. The predicted octanol–water partition coefficient (Wildman–Crippen LogP) is 1.79. The smallest absolute Gasteiger partial charge is 0.267 e. The highest BCUT2D eigenvalue weighted by Crippen LogP contribution is 2.12. The molecule has 86 valence electrons. The third kappa shape index (κ3) is 2.20. The second-order valence-electron chi connectivity index (χ2n) is 3.51. The van der Waals surface area contributed by atoms with Gasteiger partial charge in [0.05, 0.1) is 10.6 Å². The molecule has 6 nitrogen and oxygen atoms in total. The Morgan fingerprint density at radius 1 is 1.29 bits per heavy atom. The van der Waals surface area contributed by atoms with Gasteiger partial charge in [0.25, 0.3) is 11.6 Å². The Morgan fingerprint density at radius 2 is 1.94 bits per heavy atom. The van der Waals surface area contributed by atoms with E-state index in [1.807, 2.05) is 0 Å². The Kier molecular flexibility index (Phi) is 2.70. The van der Waals surface area contributed by atoms with Crippen molar-refractivity contribution in [1.29, 1.82) is 0 Å². The van der Waals surface area contributed by atoms with Crippen LogP contribution in [0.4, 0.5) is 5.69 Å². The molecule has 0 saturated heterocycles. The van der Waals surface area contributed by atoms with E-state index in [-0.39, 0.29) is 11.6 Å². The number of hydrogen-bond donors (Lipinski definition) is 0. The number of carbonyl (C=O) groups excluding carboxylic acids is 1. The van der Waals surface area contributed by atoms with Gasteiger partial charge in [-0.15, -0.1) is 0 Å². The van der Waals surface area contributed by atoms with Crippen molar-refractivity contribution in [1.82, 2.24) is 9.78 Å². The number of benzene rings is 1. The third-order valence-electron chi connectivity index (χ3n) is 2.26. The molecule has 1 aromatic heterocycles. The second-order valence-corrected chi connectivity index (χ2v) is 3.51. The molecule has 0 aliphatic heterocycles. The number of carbonyl (C=O) groups is 1. The van der Waals surface area contributed by atoms with Gasteiger partial charge in [-0.2, -0.15) is 5.10 Å². The summed E-state index contributed by atoms with van der Waals surface area (Å²) in [5.41, 5.74) is 1.05. The van der Waals surface area contributed by atoms with Gasteiger partial charge in [0.2, 0.25) is 0 Å². The van der Waals surface area contributed by atoms with E-state index >= 15 is 0 Å². The van der Waals surface area contributed by atoms with Crippen LogP contribution in [0.3, 0.4) is 0 Å². The topological polar surface area (TPSA) is 78.0 Å². The number of rotatable bonds is 2. The molecule has 0 bridgehead atoms. The molecule has 1 heterocycles. The maximum absolute atomic E-state index is 11.9. The lowest BCUT2D eigenvalue weighted by atomic mass is 10.2. The lowest BCUT2D eigenvalue weighted by Gasteiger charge is -1.99. The summed E-state index contributed by atoms with van der Waals surface area (Å²) in [6.45, 7) is 1.78. The Bertz CT molecular complexity index is 572. The molecule has 2 rings (SSSR count). The molecule has 2 aromatic rings. The highest BCUT2D eigenvalue weighted by atomic mass is 16.6. The first-order valence-electron chi connectivity index (χ1n) is 4.89. The summed E-state index contributed by atoms with van der Waals surface area (Å²) >= 11 is 0. The Hall–Kier alpha value is -2.50. The molecule has 0 aliphatic rings. The van der Waals surface area contributed by atoms with Gasteiger partial charge in [0.15, 0.2) is 0 Å². The van der Waals surface area contributed by atoms with Crippen molar-refractivity contribution >= 4 is 11.6 Å². The molecule has 0 atom stereocenters. The lowest BCUT2D eigenvalue weighted by Crippen LogP contribution is -2.12. The quantitative estimate of drug-likeness (QED) is 0.583. The lowest BCUT2D eigenvalue weighted by molar-refractivity contribution is -0.384. The molecule has 0 amide bonds. The Morgan fingerprint density at radius 3 is 2.41 bits per heavy atom. The van der Waals surface area contributed by atoms with Gasteiger partial charge in [0, 0.05) is 23.9 Å². The second kappa shape index (κ2) is 4.17. The van der Waals surface area contributed by atoms with Gasteiger partial charge >= 0.3 is 0 Å². The number of hydrogen-bond acceptors (Lipinski definition) is 4. The van der Waals surface area contributed by atoms with Gasteiger partial charge in [-0.1, -0.05) is 0 Å². The minimum atomic E-state index is -0.508. The predicted molar refractivity (Wildman–Crippen MR) is 59.8 cm³/mol. The summed E-state index contributed by atoms with van der Waals surface area (Å²) in [6.07, 6.45) is 1.55. The number of nitrogens with zero attached hydrogens (tertiary/aromatic N) is 3. The van der Waals surface area contributed by atoms with Crippen LogP contribution in [0.1, 0.15) is 16.1 Å². The minimum absolute atomic E-state index is 0.0433. The van der Waals surface area contributed by atoms with Crippen molar-refractivity contribution in [3.05, 3.63) is 57.9 Å². The maximum Gasteiger partial charge on any atom is 0.278 e. The summed E-state index contributed by atoms with van der Waals surface area (Å²) in [6, 6.07) is 7.13. The molecule has 0 unspecified atom stereocenters. The molecule has 1 aromatic carbocycles. The van der Waals surface area contributed by atoms with Crippen LogP contribution in [0.2, 0.25) is 0 Å². The zero-order valence-corrected chi connectivity index (χ0v) is 9.03. The van der Waals surface area contributed by atoms with Crippen molar-refractivity contribution in [2.24, 2.45) is 0 Å². The summed E-state index contributed by atoms with van der Waals surface area (Å²) < 4.78 is 1.20. The van der Waals surface area contributed by atoms with Gasteiger partial charge < -0.3 is 0 Å². The molecule has 0 radical (unpaired) electrons.